The lowest BCUT2D eigenvalue weighted by Crippen LogP contribution is -1.92. The third-order valence-electron chi connectivity index (χ3n) is 2.71. The van der Waals surface area contributed by atoms with E-state index in [0.717, 1.165) is 5.56 Å². The van der Waals surface area contributed by atoms with Gasteiger partial charge in [-0.25, -0.2) is 0 Å². The molecule has 20 heavy (non-hydrogen) atoms. The Labute approximate surface area is 116 Å². The number of phenolic OH excluding ortho intramolecular Hbond substituents is 2. The Hall–Kier alpha value is -2.69. The average Bonchev–Trinajstić information content (AvgIpc) is 2.47. The van der Waals surface area contributed by atoms with Crippen molar-refractivity contribution in [1.82, 2.24) is 0 Å². The van der Waals surface area contributed by atoms with Gasteiger partial charge in [0, 0.05) is 11.8 Å². The molecule has 0 aliphatic heterocycles. The van der Waals surface area contributed by atoms with Crippen LogP contribution in [0.3, 0.4) is 0 Å². The number of rotatable bonds is 4. The fraction of sp³-hybridized carbons (Fsp3) is 0.133. The maximum Gasteiger partial charge on any atom is 0.200 e. The van der Waals surface area contributed by atoms with Crippen LogP contribution < -0.4 is 9.47 Å². The van der Waals surface area contributed by atoms with Gasteiger partial charge < -0.3 is 19.7 Å². The van der Waals surface area contributed by atoms with E-state index in [9.17, 15) is 10.2 Å². The second kappa shape index (κ2) is 5.97. The predicted octanol–water partition coefficient (Wildman–Crippen LogP) is 2.87. The molecule has 0 saturated carbocycles. The Kier molecular flexibility index (Phi) is 4.10. The molecule has 0 aliphatic rings. The van der Waals surface area contributed by atoms with Gasteiger partial charge in [-0.2, -0.15) is 0 Å². The van der Waals surface area contributed by atoms with Crippen LogP contribution in [0.15, 0.2) is 41.4 Å². The summed E-state index contributed by atoms with van der Waals surface area (Å²) >= 11 is 0. The topological polar surface area (TPSA) is 71.3 Å². The van der Waals surface area contributed by atoms with E-state index in [-0.39, 0.29) is 11.5 Å². The van der Waals surface area contributed by atoms with Crippen LogP contribution in [0.1, 0.15) is 5.56 Å². The summed E-state index contributed by atoms with van der Waals surface area (Å²) in [6.45, 7) is 0. The van der Waals surface area contributed by atoms with E-state index >= 15 is 0 Å². The average molecular weight is 273 g/mol. The fourth-order valence-corrected chi connectivity index (χ4v) is 1.68. The van der Waals surface area contributed by atoms with Crippen LogP contribution in [0.25, 0.3) is 0 Å². The summed E-state index contributed by atoms with van der Waals surface area (Å²) in [6, 6.07) is 9.82. The Morgan fingerprint density at radius 2 is 1.50 bits per heavy atom. The van der Waals surface area contributed by atoms with E-state index in [1.807, 2.05) is 0 Å². The molecule has 0 unspecified atom stereocenters. The molecule has 0 fully saturated rings. The van der Waals surface area contributed by atoms with Gasteiger partial charge in [0.25, 0.3) is 0 Å². The third-order valence-corrected chi connectivity index (χ3v) is 2.71. The van der Waals surface area contributed by atoms with Gasteiger partial charge in [0.15, 0.2) is 11.5 Å². The molecular formula is C15H15NO4. The number of ether oxygens (including phenoxy) is 2. The molecule has 0 aliphatic carbocycles. The van der Waals surface area contributed by atoms with Gasteiger partial charge in [0.05, 0.1) is 19.9 Å². The summed E-state index contributed by atoms with van der Waals surface area (Å²) in [5.41, 5.74) is 1.43. The molecule has 2 aromatic rings. The van der Waals surface area contributed by atoms with Crippen molar-refractivity contribution in [2.75, 3.05) is 14.2 Å². The van der Waals surface area contributed by atoms with Crippen LogP contribution in [-0.4, -0.2) is 30.6 Å². The molecule has 104 valence electrons. The summed E-state index contributed by atoms with van der Waals surface area (Å²) in [7, 11) is 2.94. The number of methoxy groups -OCH3 is 2. The van der Waals surface area contributed by atoms with E-state index < -0.39 is 0 Å². The lowest BCUT2D eigenvalue weighted by Gasteiger charge is -2.09. The summed E-state index contributed by atoms with van der Waals surface area (Å²) in [6.07, 6.45) is 1.62. The van der Waals surface area contributed by atoms with Gasteiger partial charge in [-0.05, 0) is 36.4 Å². The highest BCUT2D eigenvalue weighted by atomic mass is 16.5. The number of benzene rings is 2. The highest BCUT2D eigenvalue weighted by Crippen LogP contribution is 2.36. The molecule has 5 heteroatoms. The zero-order valence-electron chi connectivity index (χ0n) is 11.2. The molecule has 0 heterocycles. The maximum atomic E-state index is 9.81. The molecule has 0 saturated heterocycles. The first-order valence-electron chi connectivity index (χ1n) is 5.92. The second-order valence-electron chi connectivity index (χ2n) is 4.05. The molecule has 2 aromatic carbocycles. The Balaban J connectivity index is 2.31. The van der Waals surface area contributed by atoms with Crippen LogP contribution in [0.5, 0.6) is 23.0 Å². The van der Waals surface area contributed by atoms with Gasteiger partial charge in [0.2, 0.25) is 5.75 Å². The largest absolute Gasteiger partial charge is 0.508 e. The maximum absolute atomic E-state index is 9.81. The van der Waals surface area contributed by atoms with Crippen LogP contribution in [-0.2, 0) is 0 Å². The minimum absolute atomic E-state index is 0.0446. The number of aliphatic imine (C=N–C) groups is 1. The quantitative estimate of drug-likeness (QED) is 0.840. The smallest absolute Gasteiger partial charge is 0.200 e. The second-order valence-corrected chi connectivity index (χ2v) is 4.05. The summed E-state index contributed by atoms with van der Waals surface area (Å²) < 4.78 is 10.1. The van der Waals surface area contributed by atoms with Crippen LogP contribution >= 0.6 is 0 Å². The van der Waals surface area contributed by atoms with Crippen molar-refractivity contribution >= 4 is 11.9 Å². The predicted molar refractivity (Wildman–Crippen MR) is 76.6 cm³/mol. The Morgan fingerprint density at radius 1 is 0.950 bits per heavy atom. The minimum atomic E-state index is -0.0446. The van der Waals surface area contributed by atoms with Gasteiger partial charge in [-0.1, -0.05) is 0 Å². The molecule has 5 nitrogen and oxygen atoms in total. The van der Waals surface area contributed by atoms with Crippen molar-refractivity contribution in [2.45, 2.75) is 0 Å². The lowest BCUT2D eigenvalue weighted by molar-refractivity contribution is 0.340. The SMILES string of the molecule is COc1cc(C=Nc2ccc(O)cc2)cc(OC)c1O. The monoisotopic (exact) mass is 273 g/mol. The third kappa shape index (κ3) is 3.00. The molecule has 0 amide bonds. The molecule has 2 rings (SSSR count). The Morgan fingerprint density at radius 3 is 2.00 bits per heavy atom. The van der Waals surface area contributed by atoms with Gasteiger partial charge >= 0.3 is 0 Å². The van der Waals surface area contributed by atoms with Crippen LogP contribution in [0, 0.1) is 0 Å². The van der Waals surface area contributed by atoms with Crippen molar-refractivity contribution in [1.29, 1.82) is 0 Å². The summed E-state index contributed by atoms with van der Waals surface area (Å²) in [4.78, 5) is 4.27. The molecule has 2 N–H and O–H groups in total. The van der Waals surface area contributed by atoms with Crippen molar-refractivity contribution in [3.8, 4) is 23.0 Å². The molecule has 0 atom stereocenters. The normalized spacial score (nSPS) is 10.7. The number of aromatic hydroxyl groups is 2. The zero-order valence-corrected chi connectivity index (χ0v) is 11.2. The molecule has 0 radical (unpaired) electrons. The number of hydrogen-bond donors (Lipinski definition) is 2. The first-order valence-corrected chi connectivity index (χ1v) is 5.92. The number of hydrogen-bond acceptors (Lipinski definition) is 5. The van der Waals surface area contributed by atoms with E-state index in [1.165, 1.54) is 14.2 Å². The van der Waals surface area contributed by atoms with Crippen molar-refractivity contribution in [3.05, 3.63) is 42.0 Å². The lowest BCUT2D eigenvalue weighted by atomic mass is 10.2. The first-order chi connectivity index (χ1) is 9.63. The van der Waals surface area contributed by atoms with E-state index in [2.05, 4.69) is 4.99 Å². The standard InChI is InChI=1S/C15H15NO4/c1-19-13-7-10(8-14(20-2)15(13)18)9-16-11-3-5-12(17)6-4-11/h3-9,17-18H,1-2H3. The fourth-order valence-electron chi connectivity index (χ4n) is 1.68. The van der Waals surface area contributed by atoms with Crippen molar-refractivity contribution < 1.29 is 19.7 Å². The van der Waals surface area contributed by atoms with Crippen molar-refractivity contribution in [3.63, 3.8) is 0 Å². The Bertz CT molecular complexity index is 595. The minimum Gasteiger partial charge on any atom is -0.508 e. The molecule has 0 aromatic heterocycles. The van der Waals surface area contributed by atoms with Gasteiger partial charge in [-0.3, -0.25) is 4.99 Å². The molecular weight excluding hydrogens is 258 g/mol. The highest BCUT2D eigenvalue weighted by molar-refractivity contribution is 5.84. The van der Waals surface area contributed by atoms with Crippen molar-refractivity contribution in [2.24, 2.45) is 4.99 Å². The van der Waals surface area contributed by atoms with Crippen LogP contribution in [0.2, 0.25) is 0 Å². The summed E-state index contributed by atoms with van der Waals surface area (Å²) in [5, 5.41) is 19.0. The number of phenols is 2. The molecule has 0 spiro atoms. The first kappa shape index (κ1) is 13.7. The highest BCUT2D eigenvalue weighted by Gasteiger charge is 2.10. The van der Waals surface area contributed by atoms with Gasteiger partial charge in [0.1, 0.15) is 5.75 Å². The van der Waals surface area contributed by atoms with E-state index in [4.69, 9.17) is 9.47 Å². The number of nitrogens with zero attached hydrogens (tertiary/aromatic N) is 1. The molecule has 0 bridgehead atoms. The van der Waals surface area contributed by atoms with E-state index in [0.29, 0.717) is 17.2 Å². The van der Waals surface area contributed by atoms with Crippen LogP contribution in [0.4, 0.5) is 5.69 Å². The van der Waals surface area contributed by atoms with Gasteiger partial charge in [-0.15, -0.1) is 0 Å². The summed E-state index contributed by atoms with van der Waals surface area (Å²) in [5.74, 6) is 0.779. The zero-order chi connectivity index (χ0) is 14.5. The van der Waals surface area contributed by atoms with E-state index in [1.54, 1.807) is 42.6 Å².